The Labute approximate surface area is 126 Å². The van der Waals surface area contributed by atoms with Crippen molar-refractivity contribution >= 4 is 32.2 Å². The number of aromatic nitrogens is 2. The lowest BCUT2D eigenvalue weighted by Gasteiger charge is -2.37. The van der Waals surface area contributed by atoms with Gasteiger partial charge in [0, 0.05) is 32.5 Å². The first-order chi connectivity index (χ1) is 9.98. The highest BCUT2D eigenvalue weighted by molar-refractivity contribution is 7.92. The predicted octanol–water partition coefficient (Wildman–Crippen LogP) is 1.17. The Balaban J connectivity index is 1.63. The normalized spacial score (nSPS) is 15.8. The van der Waals surface area contributed by atoms with Crippen molar-refractivity contribution in [3.05, 3.63) is 29.9 Å². The van der Waals surface area contributed by atoms with Crippen LogP contribution < -0.4 is 5.32 Å². The molecule has 1 aliphatic rings. The molecule has 2 amide bonds. The Hall–Kier alpha value is -1.87. The highest BCUT2D eigenvalue weighted by atomic mass is 32.2. The number of nitrogens with zero attached hydrogens (tertiary/aromatic N) is 3. The van der Waals surface area contributed by atoms with Crippen LogP contribution in [0.5, 0.6) is 0 Å². The predicted molar refractivity (Wildman–Crippen MR) is 79.1 cm³/mol. The number of nitrogens with one attached hydrogen (secondary N) is 1. The molecule has 0 spiro atoms. The van der Waals surface area contributed by atoms with Crippen molar-refractivity contribution in [1.29, 1.82) is 0 Å². The number of carbonyl (C=O) groups is 1. The van der Waals surface area contributed by atoms with Crippen molar-refractivity contribution in [3.63, 3.8) is 0 Å². The molecule has 3 rings (SSSR count). The monoisotopic (exact) mass is 326 g/mol. The van der Waals surface area contributed by atoms with Gasteiger partial charge in [-0.3, -0.25) is 5.32 Å². The number of aryl methyl sites for hydroxylation is 1. The molecule has 1 aliphatic heterocycles. The van der Waals surface area contributed by atoms with Gasteiger partial charge in [-0.1, -0.05) is 0 Å². The molecule has 112 valence electrons. The summed E-state index contributed by atoms with van der Waals surface area (Å²) >= 11 is 1.42. The molecule has 0 unspecified atom stereocenters. The zero-order chi connectivity index (χ0) is 15.0. The fourth-order valence-corrected chi connectivity index (χ4v) is 4.44. The van der Waals surface area contributed by atoms with Crippen molar-refractivity contribution in [2.45, 2.75) is 10.4 Å². The van der Waals surface area contributed by atoms with E-state index in [9.17, 15) is 13.2 Å². The van der Waals surface area contributed by atoms with Crippen LogP contribution >= 0.6 is 11.3 Å². The lowest BCUT2D eigenvalue weighted by molar-refractivity contribution is 0.182. The van der Waals surface area contributed by atoms with E-state index in [1.807, 2.05) is 11.4 Å². The Morgan fingerprint density at radius 1 is 1.48 bits per heavy atom. The SMILES string of the molecule is Cn1ccnc1S(=O)(=O)C1CN(C(=O)Nc2cccs2)C1. The second-order valence-corrected chi connectivity index (χ2v) is 7.87. The fourth-order valence-electron chi connectivity index (χ4n) is 2.11. The van der Waals surface area contributed by atoms with Gasteiger partial charge in [-0.2, -0.15) is 0 Å². The molecule has 0 aliphatic carbocycles. The van der Waals surface area contributed by atoms with Crippen LogP contribution in [0.2, 0.25) is 0 Å². The minimum Gasteiger partial charge on any atom is -0.325 e. The van der Waals surface area contributed by atoms with Crippen molar-refractivity contribution in [3.8, 4) is 0 Å². The van der Waals surface area contributed by atoms with E-state index in [-0.39, 0.29) is 24.3 Å². The molecule has 1 N–H and O–H groups in total. The third kappa shape index (κ3) is 2.54. The minimum absolute atomic E-state index is 0.0471. The largest absolute Gasteiger partial charge is 0.325 e. The third-order valence-electron chi connectivity index (χ3n) is 3.36. The Morgan fingerprint density at radius 2 is 2.24 bits per heavy atom. The van der Waals surface area contributed by atoms with E-state index in [4.69, 9.17) is 0 Å². The van der Waals surface area contributed by atoms with Gasteiger partial charge in [-0.05, 0) is 17.5 Å². The molecular formula is C12H14N4O3S2. The molecule has 9 heteroatoms. The van der Waals surface area contributed by atoms with Gasteiger partial charge in [0.15, 0.2) is 0 Å². The standard InChI is InChI=1S/C12H14N4O3S2/c1-15-5-4-13-12(15)21(18,19)9-7-16(8-9)11(17)14-10-3-2-6-20-10/h2-6,9H,7-8H2,1H3,(H,14,17). The number of amides is 2. The van der Waals surface area contributed by atoms with E-state index in [2.05, 4.69) is 10.3 Å². The molecule has 2 aromatic heterocycles. The average Bonchev–Trinajstić information content (AvgIpc) is 2.97. The first-order valence-electron chi connectivity index (χ1n) is 6.29. The molecule has 0 aromatic carbocycles. The summed E-state index contributed by atoms with van der Waals surface area (Å²) in [5.41, 5.74) is 0. The maximum absolute atomic E-state index is 12.3. The molecule has 0 bridgehead atoms. The molecule has 1 fully saturated rings. The number of anilines is 1. The highest BCUT2D eigenvalue weighted by Gasteiger charge is 2.42. The van der Waals surface area contributed by atoms with Crippen LogP contribution in [0, 0.1) is 0 Å². The minimum atomic E-state index is -3.49. The smallest absolute Gasteiger partial charge is 0.322 e. The van der Waals surface area contributed by atoms with Crippen LogP contribution in [0.1, 0.15) is 0 Å². The summed E-state index contributed by atoms with van der Waals surface area (Å²) in [7, 11) is -1.85. The van der Waals surface area contributed by atoms with Crippen LogP contribution in [-0.4, -0.2) is 47.2 Å². The first kappa shape index (κ1) is 14.1. The van der Waals surface area contributed by atoms with Gasteiger partial charge in [0.25, 0.3) is 0 Å². The molecule has 2 aromatic rings. The Bertz CT molecular complexity index is 745. The molecule has 0 saturated carbocycles. The van der Waals surface area contributed by atoms with Crippen molar-refractivity contribution in [1.82, 2.24) is 14.5 Å². The topological polar surface area (TPSA) is 84.3 Å². The molecule has 7 nitrogen and oxygen atoms in total. The van der Waals surface area contributed by atoms with Gasteiger partial charge >= 0.3 is 6.03 Å². The number of hydrogen-bond donors (Lipinski definition) is 1. The number of sulfone groups is 1. The third-order valence-corrected chi connectivity index (χ3v) is 6.22. The summed E-state index contributed by atoms with van der Waals surface area (Å²) in [4.78, 5) is 17.3. The van der Waals surface area contributed by atoms with Crippen molar-refractivity contribution < 1.29 is 13.2 Å². The lowest BCUT2D eigenvalue weighted by atomic mass is 10.2. The fraction of sp³-hybridized carbons (Fsp3) is 0.333. The summed E-state index contributed by atoms with van der Waals surface area (Å²) in [5.74, 6) is 0. The molecule has 0 radical (unpaired) electrons. The van der Waals surface area contributed by atoms with Gasteiger partial charge in [-0.15, -0.1) is 11.3 Å². The molecule has 0 atom stereocenters. The van der Waals surface area contributed by atoms with E-state index in [1.165, 1.54) is 27.0 Å². The van der Waals surface area contributed by atoms with E-state index in [0.717, 1.165) is 5.00 Å². The van der Waals surface area contributed by atoms with E-state index in [1.54, 1.807) is 19.3 Å². The zero-order valence-electron chi connectivity index (χ0n) is 11.3. The van der Waals surface area contributed by atoms with Crippen molar-refractivity contribution in [2.75, 3.05) is 18.4 Å². The summed E-state index contributed by atoms with van der Waals surface area (Å²) in [6.07, 6.45) is 3.04. The summed E-state index contributed by atoms with van der Waals surface area (Å²) in [6.45, 7) is 0.374. The van der Waals surface area contributed by atoms with E-state index in [0.29, 0.717) is 0 Å². The van der Waals surface area contributed by atoms with Crippen molar-refractivity contribution in [2.24, 2.45) is 7.05 Å². The molecule has 3 heterocycles. The Morgan fingerprint density at radius 3 is 2.81 bits per heavy atom. The molecule has 1 saturated heterocycles. The van der Waals surface area contributed by atoms with Gasteiger partial charge in [0.2, 0.25) is 15.0 Å². The summed E-state index contributed by atoms with van der Waals surface area (Å²) in [5, 5.41) is 4.80. The van der Waals surface area contributed by atoms with Crippen LogP contribution in [0.15, 0.2) is 35.1 Å². The molecule has 21 heavy (non-hydrogen) atoms. The van der Waals surface area contributed by atoms with E-state index >= 15 is 0 Å². The summed E-state index contributed by atoms with van der Waals surface area (Å²) < 4.78 is 26.2. The quantitative estimate of drug-likeness (QED) is 0.917. The number of hydrogen-bond acceptors (Lipinski definition) is 5. The van der Waals surface area contributed by atoms with Crippen LogP contribution in [0.4, 0.5) is 9.80 Å². The van der Waals surface area contributed by atoms with Crippen LogP contribution in [0.3, 0.4) is 0 Å². The Kier molecular flexibility index (Phi) is 3.46. The second-order valence-electron chi connectivity index (χ2n) is 4.80. The number of urea groups is 1. The number of thiophene rings is 1. The summed E-state index contributed by atoms with van der Waals surface area (Å²) in [6, 6.07) is 3.36. The maximum atomic E-state index is 12.3. The molecular weight excluding hydrogens is 312 g/mol. The van der Waals surface area contributed by atoms with Crippen LogP contribution in [0.25, 0.3) is 0 Å². The highest BCUT2D eigenvalue weighted by Crippen LogP contribution is 2.24. The van der Waals surface area contributed by atoms with E-state index < -0.39 is 15.1 Å². The zero-order valence-corrected chi connectivity index (χ0v) is 12.9. The van der Waals surface area contributed by atoms with Gasteiger partial charge < -0.3 is 9.47 Å². The van der Waals surface area contributed by atoms with Gasteiger partial charge in [-0.25, -0.2) is 18.2 Å². The number of likely N-dealkylation sites (tertiary alicyclic amines) is 1. The maximum Gasteiger partial charge on any atom is 0.322 e. The second kappa shape index (κ2) is 5.15. The average molecular weight is 326 g/mol. The van der Waals surface area contributed by atoms with Gasteiger partial charge in [0.1, 0.15) is 5.25 Å². The van der Waals surface area contributed by atoms with Crippen LogP contribution in [-0.2, 0) is 16.9 Å². The lowest BCUT2D eigenvalue weighted by Crippen LogP contribution is -2.58. The number of carbonyl (C=O) groups excluding carboxylic acids is 1. The first-order valence-corrected chi connectivity index (χ1v) is 8.72. The number of rotatable bonds is 3. The number of imidazole rings is 1. The van der Waals surface area contributed by atoms with Gasteiger partial charge in [0.05, 0.1) is 5.00 Å².